The molecule has 6 heteroatoms. The Labute approximate surface area is 82.5 Å². The van der Waals surface area contributed by atoms with Crippen LogP contribution in [-0.4, -0.2) is 44.2 Å². The van der Waals surface area contributed by atoms with E-state index in [1.54, 1.807) is 12.0 Å². The zero-order chi connectivity index (χ0) is 10.4. The van der Waals surface area contributed by atoms with Gasteiger partial charge in [-0.2, -0.15) is 0 Å². The van der Waals surface area contributed by atoms with E-state index >= 15 is 0 Å². The number of nitrogens with zero attached hydrogens (tertiary/aromatic N) is 4. The quantitative estimate of drug-likeness (QED) is 0.380. The molecule has 1 aliphatic rings. The summed E-state index contributed by atoms with van der Waals surface area (Å²) in [6.45, 7) is 2.07. The van der Waals surface area contributed by atoms with Crippen molar-refractivity contribution in [3.63, 3.8) is 0 Å². The monoisotopic (exact) mass is 198 g/mol. The molecule has 0 saturated carbocycles. The lowest BCUT2D eigenvalue weighted by molar-refractivity contribution is -0.128. The van der Waals surface area contributed by atoms with Gasteiger partial charge in [-0.3, -0.25) is 4.79 Å². The number of hydrogen-bond donors (Lipinski definition) is 0. The van der Waals surface area contributed by atoms with Crippen molar-refractivity contribution in [3.05, 3.63) is 10.4 Å². The molecular weight excluding hydrogens is 184 g/mol. The van der Waals surface area contributed by atoms with Crippen molar-refractivity contribution < 1.29 is 9.53 Å². The molecule has 0 aliphatic carbocycles. The molecule has 0 spiro atoms. The van der Waals surface area contributed by atoms with E-state index in [0.717, 1.165) is 13.0 Å². The number of ether oxygens (including phenoxy) is 1. The zero-order valence-electron chi connectivity index (χ0n) is 8.22. The summed E-state index contributed by atoms with van der Waals surface area (Å²) in [7, 11) is 1.66. The maximum Gasteiger partial charge on any atom is 0.228 e. The van der Waals surface area contributed by atoms with Crippen LogP contribution in [0.5, 0.6) is 0 Å². The Bertz CT molecular complexity index is 250. The fourth-order valence-corrected chi connectivity index (χ4v) is 1.62. The standard InChI is InChI=1S/C8H14N4O2/c1-14-6-7-2-3-12(5-7)8(13)4-10-11-9/h7H,2-6H2,1H3/t7-/m1/s1. The number of carbonyl (C=O) groups is 1. The lowest BCUT2D eigenvalue weighted by Crippen LogP contribution is -2.30. The topological polar surface area (TPSA) is 78.3 Å². The van der Waals surface area contributed by atoms with E-state index in [-0.39, 0.29) is 12.5 Å². The lowest BCUT2D eigenvalue weighted by atomic mass is 10.1. The number of carbonyl (C=O) groups excluding carboxylic acids is 1. The fraction of sp³-hybridized carbons (Fsp3) is 0.875. The van der Waals surface area contributed by atoms with E-state index in [0.29, 0.717) is 19.1 Å². The van der Waals surface area contributed by atoms with Gasteiger partial charge in [-0.1, -0.05) is 5.11 Å². The minimum atomic E-state index is -0.0959. The summed E-state index contributed by atoms with van der Waals surface area (Å²) in [6, 6.07) is 0. The molecule has 1 saturated heterocycles. The van der Waals surface area contributed by atoms with Crippen molar-refractivity contribution >= 4 is 5.91 Å². The van der Waals surface area contributed by atoms with E-state index in [9.17, 15) is 4.79 Å². The maximum atomic E-state index is 11.4. The van der Waals surface area contributed by atoms with Gasteiger partial charge in [0.15, 0.2) is 0 Å². The first-order valence-corrected chi connectivity index (χ1v) is 4.55. The molecule has 6 nitrogen and oxygen atoms in total. The largest absolute Gasteiger partial charge is 0.384 e. The van der Waals surface area contributed by atoms with Crippen molar-refractivity contribution in [2.45, 2.75) is 6.42 Å². The zero-order valence-corrected chi connectivity index (χ0v) is 8.22. The molecule has 1 atom stereocenters. The number of likely N-dealkylation sites (tertiary alicyclic amines) is 1. The van der Waals surface area contributed by atoms with Crippen LogP contribution in [0.3, 0.4) is 0 Å². The van der Waals surface area contributed by atoms with Crippen LogP contribution in [0.4, 0.5) is 0 Å². The van der Waals surface area contributed by atoms with Crippen LogP contribution >= 0.6 is 0 Å². The second-order valence-electron chi connectivity index (χ2n) is 3.34. The summed E-state index contributed by atoms with van der Waals surface area (Å²) in [4.78, 5) is 15.7. The highest BCUT2D eigenvalue weighted by Gasteiger charge is 2.25. The van der Waals surface area contributed by atoms with Gasteiger partial charge in [0.25, 0.3) is 0 Å². The molecule has 0 radical (unpaired) electrons. The third-order valence-electron chi connectivity index (χ3n) is 2.31. The van der Waals surface area contributed by atoms with Crippen LogP contribution in [0.1, 0.15) is 6.42 Å². The van der Waals surface area contributed by atoms with Crippen LogP contribution in [0.15, 0.2) is 5.11 Å². The van der Waals surface area contributed by atoms with Gasteiger partial charge in [0, 0.05) is 31.0 Å². The fourth-order valence-electron chi connectivity index (χ4n) is 1.62. The van der Waals surface area contributed by atoms with Gasteiger partial charge >= 0.3 is 0 Å². The summed E-state index contributed by atoms with van der Waals surface area (Å²) >= 11 is 0. The Morgan fingerprint density at radius 2 is 2.57 bits per heavy atom. The highest BCUT2D eigenvalue weighted by Crippen LogP contribution is 2.16. The number of hydrogen-bond acceptors (Lipinski definition) is 3. The third kappa shape index (κ3) is 2.90. The smallest absolute Gasteiger partial charge is 0.228 e. The Morgan fingerprint density at radius 3 is 3.21 bits per heavy atom. The summed E-state index contributed by atoms with van der Waals surface area (Å²) in [5.74, 6) is 0.330. The molecule has 1 fully saturated rings. The highest BCUT2D eigenvalue weighted by molar-refractivity contribution is 5.78. The van der Waals surface area contributed by atoms with Crippen molar-refractivity contribution in [3.8, 4) is 0 Å². The number of amides is 1. The highest BCUT2D eigenvalue weighted by atomic mass is 16.5. The van der Waals surface area contributed by atoms with E-state index in [4.69, 9.17) is 10.3 Å². The first kappa shape index (κ1) is 10.8. The average Bonchev–Trinajstić information content (AvgIpc) is 2.63. The van der Waals surface area contributed by atoms with Crippen molar-refractivity contribution in [1.82, 2.24) is 4.90 Å². The molecule has 0 aromatic heterocycles. The average molecular weight is 198 g/mol. The SMILES string of the molecule is COC[C@@H]1CCN(C(=O)CN=[N+]=[N-])C1. The second-order valence-corrected chi connectivity index (χ2v) is 3.34. The normalized spacial score (nSPS) is 20.6. The van der Waals surface area contributed by atoms with Crippen LogP contribution in [0, 0.1) is 5.92 Å². The molecule has 14 heavy (non-hydrogen) atoms. The third-order valence-corrected chi connectivity index (χ3v) is 2.31. The Morgan fingerprint density at radius 1 is 1.79 bits per heavy atom. The lowest BCUT2D eigenvalue weighted by Gasteiger charge is -2.14. The summed E-state index contributed by atoms with van der Waals surface area (Å²) in [5, 5.41) is 3.25. The number of rotatable bonds is 4. The first-order chi connectivity index (χ1) is 6.77. The van der Waals surface area contributed by atoms with Gasteiger partial charge in [-0.05, 0) is 12.0 Å². The predicted molar refractivity (Wildman–Crippen MR) is 50.6 cm³/mol. The molecule has 1 amide bonds. The van der Waals surface area contributed by atoms with E-state index in [1.165, 1.54) is 0 Å². The molecular formula is C8H14N4O2. The van der Waals surface area contributed by atoms with Gasteiger partial charge < -0.3 is 9.64 Å². The van der Waals surface area contributed by atoms with Gasteiger partial charge in [0.05, 0.1) is 6.61 Å². The Balaban J connectivity index is 2.33. The molecule has 0 bridgehead atoms. The minimum Gasteiger partial charge on any atom is -0.384 e. The van der Waals surface area contributed by atoms with Crippen LogP contribution in [0.2, 0.25) is 0 Å². The molecule has 0 N–H and O–H groups in total. The maximum absolute atomic E-state index is 11.4. The molecule has 0 aromatic carbocycles. The molecule has 1 aliphatic heterocycles. The van der Waals surface area contributed by atoms with Crippen LogP contribution < -0.4 is 0 Å². The van der Waals surface area contributed by atoms with Crippen molar-refractivity contribution in [2.75, 3.05) is 33.4 Å². The van der Waals surface area contributed by atoms with E-state index < -0.39 is 0 Å². The van der Waals surface area contributed by atoms with Crippen LogP contribution in [-0.2, 0) is 9.53 Å². The predicted octanol–water partition coefficient (Wildman–Crippen LogP) is 0.792. The van der Waals surface area contributed by atoms with Gasteiger partial charge in [0.2, 0.25) is 5.91 Å². The molecule has 0 unspecified atom stereocenters. The van der Waals surface area contributed by atoms with Gasteiger partial charge in [0.1, 0.15) is 6.54 Å². The van der Waals surface area contributed by atoms with E-state index in [1.807, 2.05) is 0 Å². The summed E-state index contributed by atoms with van der Waals surface area (Å²) in [5.41, 5.74) is 8.06. The molecule has 1 rings (SSSR count). The number of azide groups is 1. The summed E-state index contributed by atoms with van der Waals surface area (Å²) in [6.07, 6.45) is 0.968. The number of methoxy groups -OCH3 is 1. The summed E-state index contributed by atoms with van der Waals surface area (Å²) < 4.78 is 5.02. The Hall–Kier alpha value is -1.26. The second kappa shape index (κ2) is 5.47. The molecule has 0 aromatic rings. The Kier molecular flexibility index (Phi) is 4.22. The van der Waals surface area contributed by atoms with Crippen molar-refractivity contribution in [1.29, 1.82) is 0 Å². The minimum absolute atomic E-state index is 0.0732. The first-order valence-electron chi connectivity index (χ1n) is 4.55. The van der Waals surface area contributed by atoms with Gasteiger partial charge in [-0.25, -0.2) is 0 Å². The van der Waals surface area contributed by atoms with Crippen LogP contribution in [0.25, 0.3) is 10.4 Å². The molecule has 78 valence electrons. The van der Waals surface area contributed by atoms with E-state index in [2.05, 4.69) is 10.0 Å². The van der Waals surface area contributed by atoms with Gasteiger partial charge in [-0.15, -0.1) is 0 Å². The van der Waals surface area contributed by atoms with Crippen molar-refractivity contribution in [2.24, 2.45) is 11.0 Å². The molecule has 1 heterocycles.